The number of nitrogens with one attached hydrogen (secondary N) is 1. The van der Waals surface area contributed by atoms with E-state index >= 15 is 0 Å². The molecule has 2 aromatic carbocycles. The molecule has 1 saturated carbocycles. The topological polar surface area (TPSA) is 104 Å². The van der Waals surface area contributed by atoms with Crippen LogP contribution in [0.25, 0.3) is 27.9 Å². The van der Waals surface area contributed by atoms with Crippen LogP contribution < -0.4 is 5.32 Å². The van der Waals surface area contributed by atoms with Crippen molar-refractivity contribution in [1.82, 2.24) is 29.9 Å². The van der Waals surface area contributed by atoms with Gasteiger partial charge in [-0.15, -0.1) is 0 Å². The van der Waals surface area contributed by atoms with Crippen molar-refractivity contribution < 1.29 is 14.3 Å². The lowest BCUT2D eigenvalue weighted by Gasteiger charge is -2.41. The van der Waals surface area contributed by atoms with Crippen LogP contribution in [0.15, 0.2) is 73.2 Å². The van der Waals surface area contributed by atoms with E-state index < -0.39 is 5.54 Å². The van der Waals surface area contributed by atoms with Gasteiger partial charge in [-0.3, -0.25) is 9.78 Å². The molecule has 4 heterocycles. The Balaban J connectivity index is 1.16. The van der Waals surface area contributed by atoms with E-state index in [1.807, 2.05) is 54.2 Å². The zero-order valence-corrected chi connectivity index (χ0v) is 23.2. The van der Waals surface area contributed by atoms with E-state index in [9.17, 15) is 4.79 Å². The number of aromatic nitrogens is 5. The maximum Gasteiger partial charge on any atom is 0.251 e. The van der Waals surface area contributed by atoms with Crippen LogP contribution >= 0.6 is 0 Å². The molecule has 3 aromatic heterocycles. The quantitative estimate of drug-likeness (QED) is 0.314. The normalized spacial score (nSPS) is 18.3. The van der Waals surface area contributed by atoms with Crippen molar-refractivity contribution in [3.63, 3.8) is 0 Å². The van der Waals surface area contributed by atoms with Gasteiger partial charge in [0.25, 0.3) is 11.7 Å². The van der Waals surface area contributed by atoms with Gasteiger partial charge in [-0.2, -0.15) is 9.61 Å². The van der Waals surface area contributed by atoms with Gasteiger partial charge in [-0.1, -0.05) is 24.3 Å². The standard InChI is InChI=1S/C32H32N6O3/c1-21(40-2)32(13-16-41-17-14-32)36-29(39)23-7-5-22(6-8-23)27-19-34-30-35-20-28(38(30)37-27)31(11-12-31)25-9-10-26-24(18-25)4-3-15-33-26/h3-10,15,18-21H,11-14,16-17H2,1-2H3,(H,36,39). The number of carbonyl (C=O) groups excluding carboxylic acids is 1. The third kappa shape index (κ3) is 4.45. The number of nitrogens with zero attached hydrogens (tertiary/aromatic N) is 5. The Bertz CT molecular complexity index is 1740. The Labute approximate surface area is 237 Å². The van der Waals surface area contributed by atoms with Crippen LogP contribution in [0.2, 0.25) is 0 Å². The molecule has 1 atom stereocenters. The van der Waals surface area contributed by atoms with Crippen molar-refractivity contribution in [2.24, 2.45) is 0 Å². The minimum absolute atomic E-state index is 0.123. The molecule has 7 rings (SSSR count). The second-order valence-corrected chi connectivity index (χ2v) is 11.2. The molecular weight excluding hydrogens is 516 g/mol. The second-order valence-electron chi connectivity index (χ2n) is 11.2. The Hall–Kier alpha value is -4.21. The highest BCUT2D eigenvalue weighted by molar-refractivity contribution is 5.95. The highest BCUT2D eigenvalue weighted by Gasteiger charge is 2.48. The second kappa shape index (κ2) is 10.0. The van der Waals surface area contributed by atoms with E-state index in [0.29, 0.717) is 37.4 Å². The molecule has 1 unspecified atom stereocenters. The molecule has 5 aromatic rings. The number of benzene rings is 2. The summed E-state index contributed by atoms with van der Waals surface area (Å²) < 4.78 is 13.0. The van der Waals surface area contributed by atoms with Crippen LogP contribution in [0.1, 0.15) is 54.2 Å². The Kier molecular flexibility index (Phi) is 6.28. The van der Waals surface area contributed by atoms with Crippen LogP contribution in [0.3, 0.4) is 0 Å². The molecule has 0 radical (unpaired) electrons. The molecule has 0 spiro atoms. The van der Waals surface area contributed by atoms with Crippen LogP contribution in [0, 0.1) is 0 Å². The van der Waals surface area contributed by atoms with Crippen molar-refractivity contribution in [3.05, 3.63) is 90.0 Å². The van der Waals surface area contributed by atoms with Gasteiger partial charge in [0.1, 0.15) is 5.69 Å². The highest BCUT2D eigenvalue weighted by Crippen LogP contribution is 2.53. The van der Waals surface area contributed by atoms with Crippen LogP contribution in [0.5, 0.6) is 0 Å². The third-order valence-corrected chi connectivity index (χ3v) is 8.95. The van der Waals surface area contributed by atoms with Gasteiger partial charge in [-0.05, 0) is 68.5 Å². The fraction of sp³-hybridized carbons (Fsp3) is 0.344. The van der Waals surface area contributed by atoms with Crippen molar-refractivity contribution in [1.29, 1.82) is 0 Å². The Morgan fingerprint density at radius 1 is 1.00 bits per heavy atom. The number of hydrogen-bond donors (Lipinski definition) is 1. The van der Waals surface area contributed by atoms with Gasteiger partial charge in [0.05, 0.1) is 35.2 Å². The predicted molar refractivity (Wildman–Crippen MR) is 155 cm³/mol. The molecule has 9 nitrogen and oxygen atoms in total. The highest BCUT2D eigenvalue weighted by atomic mass is 16.5. The summed E-state index contributed by atoms with van der Waals surface area (Å²) in [5.41, 5.74) is 4.86. The maximum absolute atomic E-state index is 13.3. The van der Waals surface area contributed by atoms with Gasteiger partial charge < -0.3 is 14.8 Å². The van der Waals surface area contributed by atoms with Gasteiger partial charge in [0.15, 0.2) is 0 Å². The largest absolute Gasteiger partial charge is 0.381 e. The number of hydrogen-bond acceptors (Lipinski definition) is 7. The summed E-state index contributed by atoms with van der Waals surface area (Å²) in [6, 6.07) is 18.1. The summed E-state index contributed by atoms with van der Waals surface area (Å²) in [4.78, 5) is 26.9. The fourth-order valence-electron chi connectivity index (χ4n) is 6.11. The minimum atomic E-state index is -0.447. The summed E-state index contributed by atoms with van der Waals surface area (Å²) in [5, 5.41) is 9.34. The Morgan fingerprint density at radius 2 is 1.78 bits per heavy atom. The first kappa shape index (κ1) is 25.7. The van der Waals surface area contributed by atoms with Crippen molar-refractivity contribution >= 4 is 22.6 Å². The van der Waals surface area contributed by atoms with Crippen LogP contribution in [-0.4, -0.2) is 62.4 Å². The van der Waals surface area contributed by atoms with E-state index in [0.717, 1.165) is 40.7 Å². The summed E-state index contributed by atoms with van der Waals surface area (Å²) in [5.74, 6) is 0.449. The lowest BCUT2D eigenvalue weighted by atomic mass is 9.84. The fourth-order valence-corrected chi connectivity index (χ4v) is 6.11. The van der Waals surface area contributed by atoms with E-state index in [1.54, 1.807) is 13.3 Å². The number of methoxy groups -OCH3 is 1. The molecule has 1 aliphatic carbocycles. The van der Waals surface area contributed by atoms with E-state index in [4.69, 9.17) is 14.6 Å². The minimum Gasteiger partial charge on any atom is -0.381 e. The smallest absolute Gasteiger partial charge is 0.251 e. The number of ether oxygens (including phenoxy) is 2. The van der Waals surface area contributed by atoms with Gasteiger partial charge in [-0.25, -0.2) is 9.97 Å². The molecule has 1 N–H and O–H groups in total. The first-order valence-electron chi connectivity index (χ1n) is 14.1. The number of fused-ring (bicyclic) bond motifs is 2. The Morgan fingerprint density at radius 3 is 2.54 bits per heavy atom. The number of rotatable bonds is 7. The molecule has 1 aliphatic heterocycles. The van der Waals surface area contributed by atoms with Gasteiger partial charge >= 0.3 is 0 Å². The maximum atomic E-state index is 13.3. The SMILES string of the molecule is COC(C)C1(NC(=O)c2ccc(-c3cnc4ncc(C5(c6ccc7ncccc7c6)CC5)n4n3)cc2)CCOCC1. The lowest BCUT2D eigenvalue weighted by molar-refractivity contribution is -0.0364. The van der Waals surface area contributed by atoms with Gasteiger partial charge in [0.2, 0.25) is 0 Å². The third-order valence-electron chi connectivity index (χ3n) is 8.95. The lowest BCUT2D eigenvalue weighted by Crippen LogP contribution is -2.59. The van der Waals surface area contributed by atoms with Crippen LogP contribution in [0.4, 0.5) is 0 Å². The molecule has 2 fully saturated rings. The number of imidazole rings is 1. The number of amides is 1. The van der Waals surface area contributed by atoms with E-state index in [-0.39, 0.29) is 17.4 Å². The number of carbonyl (C=O) groups is 1. The molecular formula is C32H32N6O3. The van der Waals surface area contributed by atoms with Crippen LogP contribution in [-0.2, 0) is 14.9 Å². The van der Waals surface area contributed by atoms with Gasteiger partial charge in [0, 0.05) is 48.4 Å². The first-order chi connectivity index (χ1) is 20.0. The van der Waals surface area contributed by atoms with Crippen molar-refractivity contribution in [2.75, 3.05) is 20.3 Å². The molecule has 0 bridgehead atoms. The average molecular weight is 549 g/mol. The molecule has 1 amide bonds. The average Bonchev–Trinajstić information content (AvgIpc) is 3.72. The molecule has 2 aliphatic rings. The number of pyridine rings is 1. The van der Waals surface area contributed by atoms with E-state index in [2.05, 4.69) is 44.5 Å². The van der Waals surface area contributed by atoms with E-state index in [1.165, 1.54) is 5.56 Å². The zero-order valence-electron chi connectivity index (χ0n) is 23.2. The summed E-state index contributed by atoms with van der Waals surface area (Å²) in [7, 11) is 1.68. The van der Waals surface area contributed by atoms with Crippen molar-refractivity contribution in [3.8, 4) is 11.3 Å². The molecule has 208 valence electrons. The first-order valence-corrected chi connectivity index (χ1v) is 14.1. The molecule has 9 heteroatoms. The zero-order chi connectivity index (χ0) is 28.0. The predicted octanol–water partition coefficient (Wildman–Crippen LogP) is 4.73. The summed E-state index contributed by atoms with van der Waals surface area (Å²) in [6.45, 7) is 3.20. The monoisotopic (exact) mass is 548 g/mol. The summed E-state index contributed by atoms with van der Waals surface area (Å²) >= 11 is 0. The molecule has 1 saturated heterocycles. The summed E-state index contributed by atoms with van der Waals surface area (Å²) in [6.07, 6.45) is 8.81. The molecule has 41 heavy (non-hydrogen) atoms. The van der Waals surface area contributed by atoms with Crippen molar-refractivity contribution in [2.45, 2.75) is 49.7 Å².